The fourth-order valence-corrected chi connectivity index (χ4v) is 1.72. The summed E-state index contributed by atoms with van der Waals surface area (Å²) in [6.07, 6.45) is 2.53. The summed E-state index contributed by atoms with van der Waals surface area (Å²) in [6.45, 7) is 0.304. The summed E-state index contributed by atoms with van der Waals surface area (Å²) in [5.74, 6) is -0.508. The summed E-state index contributed by atoms with van der Waals surface area (Å²) >= 11 is 0. The molecule has 0 amide bonds. The Morgan fingerprint density at radius 2 is 2.35 bits per heavy atom. The lowest BCUT2D eigenvalue weighted by molar-refractivity contribution is -0.385. The van der Waals surface area contributed by atoms with E-state index in [1.165, 1.54) is 6.26 Å². The summed E-state index contributed by atoms with van der Waals surface area (Å²) in [6, 6.07) is 4.44. The monoisotopic (exact) mass is 277 g/mol. The zero-order chi connectivity index (χ0) is 14.7. The molecule has 8 heteroatoms. The van der Waals surface area contributed by atoms with Crippen molar-refractivity contribution in [2.75, 3.05) is 11.9 Å². The van der Waals surface area contributed by atoms with Gasteiger partial charge in [0.15, 0.2) is 0 Å². The number of pyridine rings is 1. The van der Waals surface area contributed by atoms with Gasteiger partial charge in [0, 0.05) is 13.1 Å². The van der Waals surface area contributed by atoms with Crippen molar-refractivity contribution in [3.63, 3.8) is 0 Å². The van der Waals surface area contributed by atoms with Crippen LogP contribution in [0.25, 0.3) is 0 Å². The number of aromatic nitrogens is 1. The number of carboxylic acids is 1. The Labute approximate surface area is 113 Å². The lowest BCUT2D eigenvalue weighted by Crippen LogP contribution is -2.20. The van der Waals surface area contributed by atoms with E-state index in [-0.39, 0.29) is 17.1 Å². The Bertz CT molecular complexity index is 639. The second-order valence-corrected chi connectivity index (χ2v) is 4.06. The number of furan rings is 1. The minimum atomic E-state index is -1.28. The minimum Gasteiger partial charge on any atom is -0.478 e. The first kappa shape index (κ1) is 13.5. The van der Waals surface area contributed by atoms with Crippen LogP contribution in [0.2, 0.25) is 0 Å². The molecule has 0 aliphatic heterocycles. The quantitative estimate of drug-likeness (QED) is 0.656. The molecule has 0 unspecified atom stereocenters. The van der Waals surface area contributed by atoms with Crippen molar-refractivity contribution in [1.82, 2.24) is 4.98 Å². The smallest absolute Gasteiger partial charge is 0.339 e. The van der Waals surface area contributed by atoms with Gasteiger partial charge in [-0.1, -0.05) is 0 Å². The molecular formula is C12H11N3O5. The van der Waals surface area contributed by atoms with Crippen LogP contribution in [0.1, 0.15) is 16.1 Å². The molecule has 104 valence electrons. The van der Waals surface area contributed by atoms with Crippen molar-refractivity contribution in [3.05, 3.63) is 52.1 Å². The van der Waals surface area contributed by atoms with Crippen LogP contribution < -0.4 is 4.90 Å². The molecule has 0 spiro atoms. The molecule has 0 atom stereocenters. The van der Waals surface area contributed by atoms with E-state index < -0.39 is 10.9 Å². The van der Waals surface area contributed by atoms with E-state index in [1.807, 2.05) is 0 Å². The van der Waals surface area contributed by atoms with Gasteiger partial charge in [0.2, 0.25) is 0 Å². The average molecular weight is 277 g/mol. The van der Waals surface area contributed by atoms with Gasteiger partial charge in [-0.15, -0.1) is 0 Å². The molecule has 8 nitrogen and oxygen atoms in total. The number of hydrogen-bond donors (Lipinski definition) is 1. The molecule has 0 saturated carbocycles. The van der Waals surface area contributed by atoms with E-state index >= 15 is 0 Å². The molecule has 0 aliphatic carbocycles. The van der Waals surface area contributed by atoms with Crippen molar-refractivity contribution in [2.24, 2.45) is 0 Å². The Hall–Kier alpha value is -2.90. The molecule has 0 saturated heterocycles. The van der Waals surface area contributed by atoms with E-state index in [2.05, 4.69) is 4.98 Å². The molecule has 20 heavy (non-hydrogen) atoms. The average Bonchev–Trinajstić information content (AvgIpc) is 2.90. The fraction of sp³-hybridized carbons (Fsp3) is 0.167. The molecule has 0 aromatic carbocycles. The molecule has 2 aromatic heterocycles. The highest BCUT2D eigenvalue weighted by Gasteiger charge is 2.20. The predicted molar refractivity (Wildman–Crippen MR) is 68.7 cm³/mol. The van der Waals surface area contributed by atoms with Crippen LogP contribution in [0.4, 0.5) is 11.5 Å². The third kappa shape index (κ3) is 2.74. The van der Waals surface area contributed by atoms with E-state index in [0.717, 1.165) is 12.3 Å². The highest BCUT2D eigenvalue weighted by molar-refractivity contribution is 5.94. The Balaban J connectivity index is 2.35. The van der Waals surface area contributed by atoms with Crippen LogP contribution >= 0.6 is 0 Å². The molecule has 0 aliphatic rings. The predicted octanol–water partition coefficient (Wildman–Crippen LogP) is 1.92. The molecular weight excluding hydrogens is 266 g/mol. The van der Waals surface area contributed by atoms with Gasteiger partial charge in [-0.25, -0.2) is 9.78 Å². The summed E-state index contributed by atoms with van der Waals surface area (Å²) in [5.41, 5.74) is -0.592. The third-order valence-corrected chi connectivity index (χ3v) is 2.63. The number of rotatable bonds is 5. The maximum absolute atomic E-state index is 11.2. The van der Waals surface area contributed by atoms with Crippen molar-refractivity contribution in [1.29, 1.82) is 0 Å². The zero-order valence-corrected chi connectivity index (χ0v) is 10.5. The maximum Gasteiger partial charge on any atom is 0.339 e. The summed E-state index contributed by atoms with van der Waals surface area (Å²) < 4.78 is 5.16. The second kappa shape index (κ2) is 5.39. The van der Waals surface area contributed by atoms with Gasteiger partial charge in [-0.2, -0.15) is 0 Å². The number of carbonyl (C=O) groups is 1. The molecule has 0 radical (unpaired) electrons. The first-order chi connectivity index (χ1) is 9.49. The highest BCUT2D eigenvalue weighted by Crippen LogP contribution is 2.23. The lowest BCUT2D eigenvalue weighted by atomic mass is 10.2. The van der Waals surface area contributed by atoms with Crippen LogP contribution in [-0.2, 0) is 6.54 Å². The van der Waals surface area contributed by atoms with E-state index in [0.29, 0.717) is 12.3 Å². The molecule has 1 N–H and O–H groups in total. The second-order valence-electron chi connectivity index (χ2n) is 4.06. The minimum absolute atomic E-state index is 0.138. The van der Waals surface area contributed by atoms with Gasteiger partial charge in [0.25, 0.3) is 5.69 Å². The summed E-state index contributed by atoms with van der Waals surface area (Å²) in [5, 5.41) is 19.8. The number of hydrogen-bond acceptors (Lipinski definition) is 6. The standard InChI is InChI=1S/C12H11N3O5/c1-14(7-9-3-2-4-20-9)11-10(12(16)17)5-8(6-13-11)15(18)19/h2-6H,7H2,1H3,(H,16,17). The van der Waals surface area contributed by atoms with Crippen molar-refractivity contribution in [2.45, 2.75) is 6.54 Å². The van der Waals surface area contributed by atoms with Crippen molar-refractivity contribution in [3.8, 4) is 0 Å². The van der Waals surface area contributed by atoms with Crippen molar-refractivity contribution < 1.29 is 19.2 Å². The molecule has 0 bridgehead atoms. The number of nitro groups is 1. The van der Waals surface area contributed by atoms with Gasteiger partial charge in [-0.3, -0.25) is 10.1 Å². The maximum atomic E-state index is 11.2. The highest BCUT2D eigenvalue weighted by atomic mass is 16.6. The van der Waals surface area contributed by atoms with E-state index in [4.69, 9.17) is 9.52 Å². The molecule has 2 rings (SSSR count). The Kier molecular flexibility index (Phi) is 3.65. The van der Waals surface area contributed by atoms with Crippen LogP contribution in [0.5, 0.6) is 0 Å². The van der Waals surface area contributed by atoms with Crippen LogP contribution in [-0.4, -0.2) is 28.0 Å². The first-order valence-electron chi connectivity index (χ1n) is 5.60. The molecule has 2 heterocycles. The zero-order valence-electron chi connectivity index (χ0n) is 10.5. The summed E-state index contributed by atoms with van der Waals surface area (Å²) in [7, 11) is 1.63. The van der Waals surface area contributed by atoms with Gasteiger partial charge >= 0.3 is 5.97 Å². The summed E-state index contributed by atoms with van der Waals surface area (Å²) in [4.78, 5) is 26.6. The first-order valence-corrected chi connectivity index (χ1v) is 5.60. The lowest BCUT2D eigenvalue weighted by Gasteiger charge is -2.18. The largest absolute Gasteiger partial charge is 0.478 e. The third-order valence-electron chi connectivity index (χ3n) is 2.63. The normalized spacial score (nSPS) is 10.2. The Morgan fingerprint density at radius 3 is 2.90 bits per heavy atom. The van der Waals surface area contributed by atoms with Gasteiger partial charge in [0.1, 0.15) is 23.3 Å². The molecule has 2 aromatic rings. The number of nitrogens with zero attached hydrogens (tertiary/aromatic N) is 3. The van der Waals surface area contributed by atoms with Gasteiger partial charge < -0.3 is 14.4 Å². The van der Waals surface area contributed by atoms with Crippen LogP contribution in [0, 0.1) is 10.1 Å². The van der Waals surface area contributed by atoms with Gasteiger partial charge in [-0.05, 0) is 12.1 Å². The number of anilines is 1. The van der Waals surface area contributed by atoms with E-state index in [9.17, 15) is 14.9 Å². The molecule has 0 fully saturated rings. The SMILES string of the molecule is CN(Cc1ccco1)c1ncc([N+](=O)[O-])cc1C(=O)O. The number of carboxylic acid groups (broad SMARTS) is 1. The van der Waals surface area contributed by atoms with Crippen molar-refractivity contribution >= 4 is 17.5 Å². The van der Waals surface area contributed by atoms with Crippen LogP contribution in [0.3, 0.4) is 0 Å². The van der Waals surface area contributed by atoms with Gasteiger partial charge in [0.05, 0.1) is 17.7 Å². The van der Waals surface area contributed by atoms with E-state index in [1.54, 1.807) is 24.1 Å². The Morgan fingerprint density at radius 1 is 1.60 bits per heavy atom. The number of aromatic carboxylic acids is 1. The van der Waals surface area contributed by atoms with Crippen LogP contribution in [0.15, 0.2) is 35.1 Å². The fourth-order valence-electron chi connectivity index (χ4n) is 1.72. The topological polar surface area (TPSA) is 110 Å².